The molecule has 5 rings (SSSR count). The zero-order valence-electron chi connectivity index (χ0n) is 16.9. The predicted octanol–water partition coefficient (Wildman–Crippen LogP) is 4.12. The molecule has 3 fully saturated rings. The standard InChI is InChI=1S/C23H29N3OS/c1-14-21(28-15(2)24-14)22(27)26-18-13-23(3)19(10-7-11-20(23)26)25-17(18)12-16-8-5-4-6-9-16/h4-6,8-9,17-20,25H,7,10-13H2,1-3H3/t17-,18-,19+,20-,23+/m0/s1. The van der Waals surface area contributed by atoms with Crippen LogP contribution in [0.4, 0.5) is 0 Å². The molecule has 3 aliphatic rings. The normalized spacial score (nSPS) is 33.9. The molecular formula is C23H29N3OS. The minimum Gasteiger partial charge on any atom is -0.330 e. The summed E-state index contributed by atoms with van der Waals surface area (Å²) >= 11 is 1.56. The van der Waals surface area contributed by atoms with Crippen molar-refractivity contribution in [2.24, 2.45) is 5.41 Å². The van der Waals surface area contributed by atoms with Crippen molar-refractivity contribution in [1.29, 1.82) is 0 Å². The van der Waals surface area contributed by atoms with Gasteiger partial charge < -0.3 is 10.2 Å². The quantitative estimate of drug-likeness (QED) is 0.850. The summed E-state index contributed by atoms with van der Waals surface area (Å²) in [6.07, 6.45) is 5.66. The molecule has 2 saturated heterocycles. The monoisotopic (exact) mass is 395 g/mol. The molecule has 1 saturated carbocycles. The lowest BCUT2D eigenvalue weighted by molar-refractivity contribution is 0.0562. The molecule has 5 heteroatoms. The Morgan fingerprint density at radius 1 is 1.29 bits per heavy atom. The number of aryl methyl sites for hydroxylation is 2. The number of benzene rings is 1. The Labute approximate surface area is 171 Å². The molecule has 2 bridgehead atoms. The molecule has 0 spiro atoms. The third kappa shape index (κ3) is 2.74. The average molecular weight is 396 g/mol. The number of aromatic nitrogens is 1. The van der Waals surface area contributed by atoms with Gasteiger partial charge in [-0.2, -0.15) is 0 Å². The number of likely N-dealkylation sites (tertiary alicyclic amines) is 1. The van der Waals surface area contributed by atoms with Crippen LogP contribution >= 0.6 is 11.3 Å². The fourth-order valence-electron chi connectivity index (χ4n) is 6.10. The molecule has 2 aromatic rings. The van der Waals surface area contributed by atoms with E-state index in [0.29, 0.717) is 18.1 Å². The van der Waals surface area contributed by atoms with Crippen molar-refractivity contribution in [3.05, 3.63) is 51.5 Å². The van der Waals surface area contributed by atoms with Crippen molar-refractivity contribution in [3.8, 4) is 0 Å². The minimum absolute atomic E-state index is 0.194. The summed E-state index contributed by atoms with van der Waals surface area (Å²) in [5, 5.41) is 4.97. The van der Waals surface area contributed by atoms with Gasteiger partial charge in [-0.05, 0) is 51.5 Å². The van der Waals surface area contributed by atoms with Crippen molar-refractivity contribution >= 4 is 17.2 Å². The fraction of sp³-hybridized carbons (Fsp3) is 0.565. The number of carbonyl (C=O) groups is 1. The van der Waals surface area contributed by atoms with Gasteiger partial charge in [-0.1, -0.05) is 37.3 Å². The summed E-state index contributed by atoms with van der Waals surface area (Å²) < 4.78 is 0. The van der Waals surface area contributed by atoms with Gasteiger partial charge in [0.1, 0.15) is 4.88 Å². The number of nitrogens with zero attached hydrogens (tertiary/aromatic N) is 2. The number of hydrogen-bond donors (Lipinski definition) is 1. The maximum absolute atomic E-state index is 13.7. The highest BCUT2D eigenvalue weighted by atomic mass is 32.1. The van der Waals surface area contributed by atoms with Crippen molar-refractivity contribution in [2.45, 2.75) is 77.0 Å². The Morgan fingerprint density at radius 3 is 2.79 bits per heavy atom. The molecule has 1 aromatic heterocycles. The van der Waals surface area contributed by atoms with Crippen LogP contribution in [0.15, 0.2) is 30.3 Å². The second kappa shape index (κ2) is 6.67. The van der Waals surface area contributed by atoms with Crippen LogP contribution in [0.3, 0.4) is 0 Å². The molecule has 2 aliphatic heterocycles. The van der Waals surface area contributed by atoms with E-state index in [2.05, 4.69) is 52.5 Å². The van der Waals surface area contributed by atoms with Gasteiger partial charge in [0.2, 0.25) is 0 Å². The number of thiazole rings is 1. The molecule has 3 heterocycles. The summed E-state index contributed by atoms with van der Waals surface area (Å²) in [4.78, 5) is 21.4. The van der Waals surface area contributed by atoms with Crippen LogP contribution < -0.4 is 5.32 Å². The lowest BCUT2D eigenvalue weighted by atomic mass is 9.65. The van der Waals surface area contributed by atoms with E-state index in [0.717, 1.165) is 34.8 Å². The first kappa shape index (κ1) is 18.3. The van der Waals surface area contributed by atoms with Gasteiger partial charge >= 0.3 is 0 Å². The van der Waals surface area contributed by atoms with E-state index < -0.39 is 0 Å². The number of fused-ring (bicyclic) bond motifs is 1. The Morgan fingerprint density at radius 2 is 2.07 bits per heavy atom. The summed E-state index contributed by atoms with van der Waals surface area (Å²) in [5.41, 5.74) is 2.43. The van der Waals surface area contributed by atoms with Gasteiger partial charge in [0.15, 0.2) is 0 Å². The van der Waals surface area contributed by atoms with E-state index in [4.69, 9.17) is 0 Å². The summed E-state index contributed by atoms with van der Waals surface area (Å²) in [7, 11) is 0. The number of nitrogens with one attached hydrogen (secondary N) is 1. The Hall–Kier alpha value is -1.72. The van der Waals surface area contributed by atoms with Crippen LogP contribution in [0.25, 0.3) is 0 Å². The van der Waals surface area contributed by atoms with Crippen LogP contribution in [-0.2, 0) is 6.42 Å². The maximum atomic E-state index is 13.7. The van der Waals surface area contributed by atoms with Crippen molar-refractivity contribution in [1.82, 2.24) is 15.2 Å². The number of carbonyl (C=O) groups excluding carboxylic acids is 1. The molecule has 5 atom stereocenters. The van der Waals surface area contributed by atoms with Crippen LogP contribution in [0.1, 0.15) is 58.5 Å². The van der Waals surface area contributed by atoms with E-state index in [9.17, 15) is 4.79 Å². The van der Waals surface area contributed by atoms with E-state index in [1.54, 1.807) is 11.3 Å². The first-order valence-corrected chi connectivity index (χ1v) is 11.4. The summed E-state index contributed by atoms with van der Waals surface area (Å²) in [5.74, 6) is 0.212. The fourth-order valence-corrected chi connectivity index (χ4v) is 6.97. The molecule has 1 amide bonds. The Kier molecular flexibility index (Phi) is 4.36. The second-order valence-corrected chi connectivity index (χ2v) is 10.3. The van der Waals surface area contributed by atoms with Crippen molar-refractivity contribution in [2.75, 3.05) is 0 Å². The number of piperidine rings is 1. The number of rotatable bonds is 3. The highest BCUT2D eigenvalue weighted by molar-refractivity contribution is 7.13. The first-order chi connectivity index (χ1) is 13.5. The largest absolute Gasteiger partial charge is 0.330 e. The van der Waals surface area contributed by atoms with E-state index in [-0.39, 0.29) is 17.4 Å². The van der Waals surface area contributed by atoms with E-state index in [1.807, 2.05) is 13.8 Å². The smallest absolute Gasteiger partial charge is 0.266 e. The van der Waals surface area contributed by atoms with Gasteiger partial charge in [0, 0.05) is 29.6 Å². The lowest BCUT2D eigenvalue weighted by Crippen LogP contribution is -2.58. The molecule has 148 valence electrons. The lowest BCUT2D eigenvalue weighted by Gasteiger charge is -2.46. The van der Waals surface area contributed by atoms with Gasteiger partial charge in [-0.15, -0.1) is 11.3 Å². The molecule has 1 aliphatic carbocycles. The van der Waals surface area contributed by atoms with E-state index >= 15 is 0 Å². The molecule has 1 aromatic carbocycles. The molecule has 4 nitrogen and oxygen atoms in total. The van der Waals surface area contributed by atoms with Crippen molar-refractivity contribution < 1.29 is 4.79 Å². The van der Waals surface area contributed by atoms with Crippen LogP contribution in [-0.4, -0.2) is 40.0 Å². The van der Waals surface area contributed by atoms with Crippen LogP contribution in [0.5, 0.6) is 0 Å². The zero-order chi connectivity index (χ0) is 19.5. The second-order valence-electron chi connectivity index (χ2n) is 9.10. The molecular weight excluding hydrogens is 366 g/mol. The van der Waals surface area contributed by atoms with Crippen molar-refractivity contribution in [3.63, 3.8) is 0 Å². The highest BCUT2D eigenvalue weighted by Gasteiger charge is 2.61. The minimum atomic E-state index is 0.194. The van der Waals surface area contributed by atoms with E-state index in [1.165, 1.54) is 18.4 Å². The number of amides is 1. The first-order valence-electron chi connectivity index (χ1n) is 10.5. The summed E-state index contributed by atoms with van der Waals surface area (Å²) in [6, 6.07) is 12.2. The van der Waals surface area contributed by atoms with Gasteiger partial charge in [0.25, 0.3) is 5.91 Å². The SMILES string of the molecule is Cc1nc(C)c(C(=O)N2[C@H]3CCC[C@H]4N[C@@H](Cc5ccccc5)[C@@H]2C[C@@]34C)s1. The summed E-state index contributed by atoms with van der Waals surface area (Å²) in [6.45, 7) is 6.39. The predicted molar refractivity (Wildman–Crippen MR) is 113 cm³/mol. The average Bonchev–Trinajstić information content (AvgIpc) is 3.17. The topological polar surface area (TPSA) is 45.2 Å². The molecule has 0 radical (unpaired) electrons. The highest BCUT2D eigenvalue weighted by Crippen LogP contribution is 2.53. The molecule has 28 heavy (non-hydrogen) atoms. The van der Waals surface area contributed by atoms with Crippen LogP contribution in [0.2, 0.25) is 0 Å². The maximum Gasteiger partial charge on any atom is 0.266 e. The van der Waals surface area contributed by atoms with Gasteiger partial charge in [-0.3, -0.25) is 4.79 Å². The molecule has 1 N–H and O–H groups in total. The van der Waals surface area contributed by atoms with Gasteiger partial charge in [0.05, 0.1) is 10.7 Å². The third-order valence-electron chi connectivity index (χ3n) is 7.38. The zero-order valence-corrected chi connectivity index (χ0v) is 17.8. The van der Waals surface area contributed by atoms with Gasteiger partial charge in [-0.25, -0.2) is 4.98 Å². The Balaban J connectivity index is 1.52. The Bertz CT molecular complexity index is 895. The van der Waals surface area contributed by atoms with Crippen LogP contribution in [0, 0.1) is 19.3 Å². The third-order valence-corrected chi connectivity index (χ3v) is 8.44. The number of hydrogen-bond acceptors (Lipinski definition) is 4. The molecule has 0 unspecified atom stereocenters.